The Kier molecular flexibility index (Phi) is 13.9. The molecule has 48 heavy (non-hydrogen) atoms. The molecule has 2 aliphatic carbocycles. The average molecular weight is 677 g/mol. The highest BCUT2D eigenvalue weighted by Gasteiger charge is 2.52. The van der Waals surface area contributed by atoms with Crippen molar-refractivity contribution in [3.8, 4) is 0 Å². The molecule has 0 radical (unpaired) electrons. The van der Waals surface area contributed by atoms with Crippen molar-refractivity contribution in [2.24, 2.45) is 39.4 Å². The summed E-state index contributed by atoms with van der Waals surface area (Å²) in [5.74, 6) is -3.77. The van der Waals surface area contributed by atoms with E-state index in [1.807, 2.05) is 41.5 Å². The van der Waals surface area contributed by atoms with E-state index in [-0.39, 0.29) is 49.5 Å². The molecule has 0 saturated heterocycles. The molecule has 0 aromatic carbocycles. The molecule has 4 amide bonds. The van der Waals surface area contributed by atoms with Crippen LogP contribution in [0.25, 0.3) is 0 Å². The van der Waals surface area contributed by atoms with Crippen molar-refractivity contribution in [3.05, 3.63) is 0 Å². The fourth-order valence-electron chi connectivity index (χ4n) is 7.02. The number of hydrogen-bond donors (Lipinski definition) is 5. The second kappa shape index (κ2) is 16.2. The summed E-state index contributed by atoms with van der Waals surface area (Å²) in [6.07, 6.45) is 4.08. The molecule has 0 heterocycles. The van der Waals surface area contributed by atoms with Gasteiger partial charge < -0.3 is 26.4 Å². The van der Waals surface area contributed by atoms with Crippen LogP contribution in [0.3, 0.4) is 0 Å². The lowest BCUT2D eigenvalue weighted by Gasteiger charge is -2.37. The standard InChI is InChI=1S/C37H64N4O7/c1-22-15-14-16-23(2)27(22)39-33(48)41-28(36(9,10)11)25(42)19-24(20-26(43)35(6,7)8)30(44)40-29(31(45)38-21-34(3,4)5)37(32(46)47)17-12-13-18-37/h22-24,27-29H,12-21H2,1-11H3,(H,38,45)(H,40,44)(H,46,47)(H2,39,41,48). The van der Waals surface area contributed by atoms with Crippen LogP contribution in [0.1, 0.15) is 134 Å². The fraction of sp³-hybridized carbons (Fsp3) is 0.838. The van der Waals surface area contributed by atoms with Crippen molar-refractivity contribution < 1.29 is 33.9 Å². The number of carbonyl (C=O) groups is 6. The van der Waals surface area contributed by atoms with Crippen LogP contribution in [0, 0.1) is 39.4 Å². The lowest BCUT2D eigenvalue weighted by molar-refractivity contribution is -0.155. The zero-order valence-electron chi connectivity index (χ0n) is 31.4. The van der Waals surface area contributed by atoms with Gasteiger partial charge in [0.1, 0.15) is 11.8 Å². The maximum Gasteiger partial charge on any atom is 0.315 e. The van der Waals surface area contributed by atoms with Gasteiger partial charge in [-0.3, -0.25) is 24.0 Å². The van der Waals surface area contributed by atoms with E-state index in [4.69, 9.17) is 0 Å². The number of carboxylic acids is 1. The van der Waals surface area contributed by atoms with Crippen molar-refractivity contribution in [1.29, 1.82) is 0 Å². The number of Topliss-reactive ketones (excluding diaryl/α,β-unsaturated/α-hetero) is 2. The van der Waals surface area contributed by atoms with Gasteiger partial charge in [-0.2, -0.15) is 0 Å². The molecular weight excluding hydrogens is 612 g/mol. The Hall–Kier alpha value is -2.98. The number of aliphatic carboxylic acids is 1. The van der Waals surface area contributed by atoms with Gasteiger partial charge >= 0.3 is 12.0 Å². The van der Waals surface area contributed by atoms with Gasteiger partial charge in [0, 0.05) is 30.8 Å². The lowest BCUT2D eigenvalue weighted by Crippen LogP contribution is -2.60. The number of ketones is 2. The van der Waals surface area contributed by atoms with Crippen LogP contribution in [0.4, 0.5) is 4.79 Å². The zero-order chi connectivity index (χ0) is 36.8. The largest absolute Gasteiger partial charge is 0.481 e. The third-order valence-corrected chi connectivity index (χ3v) is 10.2. The van der Waals surface area contributed by atoms with Crippen molar-refractivity contribution in [1.82, 2.24) is 21.3 Å². The Balaban J connectivity index is 2.41. The molecule has 2 rings (SSSR count). The van der Waals surface area contributed by atoms with Crippen molar-refractivity contribution in [2.75, 3.05) is 6.54 Å². The van der Waals surface area contributed by atoms with Crippen LogP contribution in [0.5, 0.6) is 0 Å². The normalized spacial score (nSPS) is 23.3. The number of hydrogen-bond acceptors (Lipinski definition) is 6. The van der Waals surface area contributed by atoms with E-state index in [2.05, 4.69) is 35.1 Å². The first-order chi connectivity index (χ1) is 21.9. The second-order valence-electron chi connectivity index (χ2n) is 18.0. The quantitative estimate of drug-likeness (QED) is 0.174. The number of carboxylic acid groups (broad SMARTS) is 1. The van der Waals surface area contributed by atoms with Gasteiger partial charge in [-0.15, -0.1) is 0 Å². The van der Waals surface area contributed by atoms with Crippen LogP contribution < -0.4 is 21.3 Å². The maximum absolute atomic E-state index is 14.1. The predicted octanol–water partition coefficient (Wildman–Crippen LogP) is 5.40. The third-order valence-electron chi connectivity index (χ3n) is 10.2. The first-order valence-corrected chi connectivity index (χ1v) is 17.8. The molecular formula is C37H64N4O7. The Morgan fingerprint density at radius 2 is 1.31 bits per heavy atom. The smallest absolute Gasteiger partial charge is 0.315 e. The van der Waals surface area contributed by atoms with E-state index in [9.17, 15) is 33.9 Å². The summed E-state index contributed by atoms with van der Waals surface area (Å²) in [5.41, 5.74) is -3.34. The number of carbonyl (C=O) groups excluding carboxylic acids is 5. The van der Waals surface area contributed by atoms with E-state index in [1.165, 1.54) is 0 Å². The Morgan fingerprint density at radius 3 is 1.77 bits per heavy atom. The van der Waals surface area contributed by atoms with Gasteiger partial charge in [0.2, 0.25) is 11.8 Å². The fourth-order valence-corrected chi connectivity index (χ4v) is 7.02. The Morgan fingerprint density at radius 1 is 0.771 bits per heavy atom. The highest BCUT2D eigenvalue weighted by atomic mass is 16.4. The molecule has 274 valence electrons. The monoisotopic (exact) mass is 676 g/mol. The summed E-state index contributed by atoms with van der Waals surface area (Å²) in [6.45, 7) is 20.9. The van der Waals surface area contributed by atoms with Crippen LogP contribution in [-0.2, 0) is 24.0 Å². The van der Waals surface area contributed by atoms with Crippen LogP contribution in [0.15, 0.2) is 0 Å². The zero-order valence-corrected chi connectivity index (χ0v) is 31.4. The van der Waals surface area contributed by atoms with E-state index in [0.717, 1.165) is 19.3 Å². The molecule has 11 nitrogen and oxygen atoms in total. The maximum atomic E-state index is 14.1. The predicted molar refractivity (Wildman–Crippen MR) is 186 cm³/mol. The van der Waals surface area contributed by atoms with E-state index in [1.54, 1.807) is 20.8 Å². The molecule has 2 aliphatic rings. The van der Waals surface area contributed by atoms with Gasteiger partial charge in [0.25, 0.3) is 0 Å². The summed E-state index contributed by atoms with van der Waals surface area (Å²) < 4.78 is 0. The van der Waals surface area contributed by atoms with E-state index < -0.39 is 63.8 Å². The van der Waals surface area contributed by atoms with E-state index >= 15 is 0 Å². The van der Waals surface area contributed by atoms with E-state index in [0.29, 0.717) is 24.7 Å². The molecule has 5 atom stereocenters. The highest BCUT2D eigenvalue weighted by Crippen LogP contribution is 2.42. The molecule has 11 heteroatoms. The van der Waals surface area contributed by atoms with Crippen molar-refractivity contribution >= 4 is 35.4 Å². The minimum absolute atomic E-state index is 0.0316. The summed E-state index contributed by atoms with van der Waals surface area (Å²) in [5, 5.41) is 21.9. The number of nitrogens with one attached hydrogen (secondary N) is 4. The second-order valence-corrected chi connectivity index (χ2v) is 18.0. The summed E-state index contributed by atoms with van der Waals surface area (Å²) in [6, 6.07) is -2.86. The molecule has 5 unspecified atom stereocenters. The number of amides is 4. The molecule has 2 fully saturated rings. The number of rotatable bonds is 13. The SMILES string of the molecule is CC1CCCC(C)C1NC(=O)NC(C(=O)CC(CC(=O)C(C)(C)C)C(=O)NC(C(=O)NCC(C)(C)C)C1(C(=O)O)CCCC1)C(C)(C)C. The first-order valence-electron chi connectivity index (χ1n) is 17.8. The van der Waals surface area contributed by atoms with Crippen molar-refractivity contribution in [3.63, 3.8) is 0 Å². The Bertz CT molecular complexity index is 1180. The van der Waals surface area contributed by atoms with Gasteiger partial charge in [-0.05, 0) is 48.3 Å². The highest BCUT2D eigenvalue weighted by molar-refractivity contribution is 5.98. The van der Waals surface area contributed by atoms with Crippen LogP contribution in [-0.4, -0.2) is 65.2 Å². The molecule has 0 aromatic rings. The molecule has 2 saturated carbocycles. The van der Waals surface area contributed by atoms with Crippen LogP contribution in [0.2, 0.25) is 0 Å². The van der Waals surface area contributed by atoms with Gasteiger partial charge in [0.05, 0.1) is 17.4 Å². The van der Waals surface area contributed by atoms with Crippen molar-refractivity contribution in [2.45, 2.75) is 152 Å². The van der Waals surface area contributed by atoms with Gasteiger partial charge in [-0.1, -0.05) is 95.4 Å². The average Bonchev–Trinajstić information content (AvgIpc) is 3.44. The molecule has 5 N–H and O–H groups in total. The van der Waals surface area contributed by atoms with Crippen LogP contribution >= 0.6 is 0 Å². The van der Waals surface area contributed by atoms with Gasteiger partial charge in [-0.25, -0.2) is 4.79 Å². The Labute approximate surface area is 288 Å². The topological polar surface area (TPSA) is 171 Å². The summed E-state index contributed by atoms with van der Waals surface area (Å²) in [4.78, 5) is 81.1. The molecule has 0 bridgehead atoms. The number of urea groups is 1. The third kappa shape index (κ3) is 11.3. The molecule has 0 aliphatic heterocycles. The molecule has 0 aromatic heterocycles. The molecule has 0 spiro atoms. The minimum atomic E-state index is -1.51. The first kappa shape index (κ1) is 41.2. The minimum Gasteiger partial charge on any atom is -0.481 e. The van der Waals surface area contributed by atoms with Gasteiger partial charge in [0.15, 0.2) is 5.78 Å². The summed E-state index contributed by atoms with van der Waals surface area (Å²) in [7, 11) is 0. The summed E-state index contributed by atoms with van der Waals surface area (Å²) >= 11 is 0. The lowest BCUT2D eigenvalue weighted by atomic mass is 9.76.